The molecule has 0 amide bonds. The van der Waals surface area contributed by atoms with Crippen LogP contribution in [0, 0.1) is 29.9 Å². The Hall–Kier alpha value is -1.92. The van der Waals surface area contributed by atoms with Gasteiger partial charge in [-0.15, -0.1) is 0 Å². The molecule has 0 saturated carbocycles. The van der Waals surface area contributed by atoms with E-state index < -0.39 is 16.8 Å². The van der Waals surface area contributed by atoms with Gasteiger partial charge in [0.25, 0.3) is 0 Å². The van der Waals surface area contributed by atoms with Crippen molar-refractivity contribution < 1.29 is 14.8 Å². The molecule has 0 saturated heterocycles. The van der Waals surface area contributed by atoms with Crippen LogP contribution in [0.1, 0.15) is 18.3 Å². The summed E-state index contributed by atoms with van der Waals surface area (Å²) < 4.78 is 1.33. The van der Waals surface area contributed by atoms with Gasteiger partial charge < -0.3 is 9.90 Å². The molecule has 0 aliphatic carbocycles. The number of nitrogens with zero attached hydrogens (tertiary/aromatic N) is 3. The molecule has 1 atom stereocenters. The van der Waals surface area contributed by atoms with E-state index in [2.05, 4.69) is 5.10 Å². The average molecular weight is 226 g/mol. The van der Waals surface area contributed by atoms with Gasteiger partial charge in [-0.05, 0) is 13.8 Å². The van der Waals surface area contributed by atoms with Gasteiger partial charge >= 0.3 is 5.69 Å². The van der Waals surface area contributed by atoms with Crippen molar-refractivity contribution >= 4 is 11.7 Å². The van der Waals surface area contributed by atoms with Crippen LogP contribution in [-0.4, -0.2) is 20.7 Å². The Morgan fingerprint density at radius 1 is 1.56 bits per heavy atom. The molecule has 0 unspecified atom stereocenters. The molecule has 0 aliphatic heterocycles. The highest BCUT2D eigenvalue weighted by molar-refractivity contribution is 5.66. The van der Waals surface area contributed by atoms with E-state index in [1.807, 2.05) is 0 Å². The van der Waals surface area contributed by atoms with E-state index in [0.717, 1.165) is 0 Å². The normalized spacial score (nSPS) is 12.4. The van der Waals surface area contributed by atoms with E-state index in [-0.39, 0.29) is 17.9 Å². The molecule has 88 valence electrons. The van der Waals surface area contributed by atoms with Crippen LogP contribution >= 0.6 is 0 Å². The van der Waals surface area contributed by atoms with Crippen molar-refractivity contribution in [2.45, 2.75) is 27.3 Å². The average Bonchev–Trinajstić information content (AvgIpc) is 2.41. The van der Waals surface area contributed by atoms with Crippen LogP contribution in [0.4, 0.5) is 5.69 Å². The van der Waals surface area contributed by atoms with Gasteiger partial charge in [-0.25, -0.2) is 0 Å². The van der Waals surface area contributed by atoms with Gasteiger partial charge in [-0.2, -0.15) is 5.10 Å². The number of hydrogen-bond donors (Lipinski definition) is 0. The monoisotopic (exact) mass is 226 g/mol. The van der Waals surface area contributed by atoms with Crippen LogP contribution in [0.2, 0.25) is 0 Å². The van der Waals surface area contributed by atoms with Crippen molar-refractivity contribution in [1.82, 2.24) is 9.78 Å². The summed E-state index contributed by atoms with van der Waals surface area (Å²) in [4.78, 5) is 20.7. The second-order valence-electron chi connectivity index (χ2n) is 3.68. The molecule has 0 N–H and O–H groups in total. The van der Waals surface area contributed by atoms with Crippen LogP contribution in [0.3, 0.4) is 0 Å². The lowest BCUT2D eigenvalue weighted by molar-refractivity contribution is -0.386. The summed E-state index contributed by atoms with van der Waals surface area (Å²) in [5.74, 6) is -1.94. The van der Waals surface area contributed by atoms with E-state index >= 15 is 0 Å². The van der Waals surface area contributed by atoms with Gasteiger partial charge in [-0.3, -0.25) is 14.8 Å². The predicted octanol–water partition coefficient (Wildman–Crippen LogP) is -0.206. The Kier molecular flexibility index (Phi) is 3.26. The van der Waals surface area contributed by atoms with Gasteiger partial charge in [0.05, 0.1) is 4.92 Å². The molecule has 0 spiro atoms. The summed E-state index contributed by atoms with van der Waals surface area (Å²) >= 11 is 0. The van der Waals surface area contributed by atoms with E-state index in [0.29, 0.717) is 5.69 Å². The molecule has 1 heterocycles. The molecule has 1 aromatic heterocycles. The minimum absolute atomic E-state index is 0.0643. The van der Waals surface area contributed by atoms with Gasteiger partial charge in [0.15, 0.2) is 0 Å². The standard InChI is InChI=1S/C9H13N3O4/c1-5(9(13)14)4-11-7(3)8(12(15)16)6(2)10-11/h5H,4H2,1-3H3,(H,13,14)/p-1/t5-/m0/s1. The zero-order chi connectivity index (χ0) is 12.5. The lowest BCUT2D eigenvalue weighted by Gasteiger charge is -2.12. The van der Waals surface area contributed by atoms with Crippen LogP contribution in [0.15, 0.2) is 0 Å². The first-order chi connectivity index (χ1) is 7.34. The third kappa shape index (κ3) is 2.18. The Balaban J connectivity index is 3.04. The fraction of sp³-hybridized carbons (Fsp3) is 0.556. The number of carbonyl (C=O) groups excluding carboxylic acids is 1. The Morgan fingerprint density at radius 3 is 2.50 bits per heavy atom. The van der Waals surface area contributed by atoms with Gasteiger partial charge in [0.2, 0.25) is 0 Å². The fourth-order valence-corrected chi connectivity index (χ4v) is 1.46. The number of rotatable bonds is 4. The van der Waals surface area contributed by atoms with Crippen molar-refractivity contribution in [3.8, 4) is 0 Å². The SMILES string of the molecule is Cc1nn(C[C@H](C)C(=O)[O-])c(C)c1[N+](=O)[O-]. The van der Waals surface area contributed by atoms with E-state index in [1.165, 1.54) is 18.5 Å². The third-order valence-corrected chi connectivity index (χ3v) is 2.38. The quantitative estimate of drug-likeness (QED) is 0.522. The molecule has 0 fully saturated rings. The number of aryl methyl sites for hydroxylation is 1. The maximum atomic E-state index is 10.7. The zero-order valence-electron chi connectivity index (χ0n) is 9.26. The van der Waals surface area contributed by atoms with Gasteiger partial charge in [-0.1, -0.05) is 6.92 Å². The number of nitro groups is 1. The number of aliphatic carboxylic acids is 1. The summed E-state index contributed by atoms with van der Waals surface area (Å²) in [5.41, 5.74) is 0.578. The summed E-state index contributed by atoms with van der Waals surface area (Å²) in [7, 11) is 0. The first-order valence-electron chi connectivity index (χ1n) is 4.73. The van der Waals surface area contributed by atoms with Crippen molar-refractivity contribution in [2.75, 3.05) is 0 Å². The van der Waals surface area contributed by atoms with Crippen LogP contribution in [-0.2, 0) is 11.3 Å². The highest BCUT2D eigenvalue weighted by atomic mass is 16.6. The molecule has 0 aliphatic rings. The maximum Gasteiger partial charge on any atom is 0.312 e. The second-order valence-corrected chi connectivity index (χ2v) is 3.68. The van der Waals surface area contributed by atoms with E-state index in [4.69, 9.17) is 0 Å². The zero-order valence-corrected chi connectivity index (χ0v) is 9.26. The van der Waals surface area contributed by atoms with Gasteiger partial charge in [0.1, 0.15) is 11.4 Å². The highest BCUT2D eigenvalue weighted by Gasteiger charge is 2.22. The third-order valence-electron chi connectivity index (χ3n) is 2.38. The molecule has 16 heavy (non-hydrogen) atoms. The Bertz CT molecular complexity index is 438. The maximum absolute atomic E-state index is 10.7. The molecule has 1 aromatic rings. The van der Waals surface area contributed by atoms with Crippen molar-refractivity contribution in [3.05, 3.63) is 21.5 Å². The lowest BCUT2D eigenvalue weighted by atomic mass is 10.2. The first-order valence-corrected chi connectivity index (χ1v) is 4.73. The molecule has 1 rings (SSSR count). The Morgan fingerprint density at radius 2 is 2.12 bits per heavy atom. The lowest BCUT2D eigenvalue weighted by Crippen LogP contribution is -2.32. The van der Waals surface area contributed by atoms with Crippen LogP contribution < -0.4 is 5.11 Å². The molecular weight excluding hydrogens is 214 g/mol. The second kappa shape index (κ2) is 4.30. The van der Waals surface area contributed by atoms with Crippen LogP contribution in [0.25, 0.3) is 0 Å². The predicted molar refractivity (Wildman–Crippen MR) is 52.5 cm³/mol. The van der Waals surface area contributed by atoms with Crippen molar-refractivity contribution in [2.24, 2.45) is 5.92 Å². The molecule has 7 nitrogen and oxygen atoms in total. The summed E-state index contributed by atoms with van der Waals surface area (Å²) in [6, 6.07) is 0. The molecule has 7 heteroatoms. The minimum atomic E-state index is -1.20. The molecule has 0 bridgehead atoms. The van der Waals surface area contributed by atoms with E-state index in [9.17, 15) is 20.0 Å². The fourth-order valence-electron chi connectivity index (χ4n) is 1.46. The summed E-state index contributed by atoms with van der Waals surface area (Å²) in [6.45, 7) is 4.60. The molecule has 0 aromatic carbocycles. The largest absolute Gasteiger partial charge is 0.550 e. The molecular formula is C9H12N3O4-. The molecule has 0 radical (unpaired) electrons. The van der Waals surface area contributed by atoms with Gasteiger partial charge in [0, 0.05) is 18.4 Å². The first kappa shape index (κ1) is 12.2. The summed E-state index contributed by atoms with van der Waals surface area (Å²) in [5, 5.41) is 25.2. The number of aromatic nitrogens is 2. The number of hydrogen-bond acceptors (Lipinski definition) is 5. The number of carbonyl (C=O) groups is 1. The topological polar surface area (TPSA) is 101 Å². The van der Waals surface area contributed by atoms with Crippen molar-refractivity contribution in [1.29, 1.82) is 0 Å². The Labute approximate surface area is 91.8 Å². The van der Waals surface area contributed by atoms with Crippen LogP contribution in [0.5, 0.6) is 0 Å². The number of carboxylic acids is 1. The minimum Gasteiger partial charge on any atom is -0.550 e. The smallest absolute Gasteiger partial charge is 0.312 e. The number of carboxylic acid groups (broad SMARTS) is 1. The van der Waals surface area contributed by atoms with Crippen molar-refractivity contribution in [3.63, 3.8) is 0 Å². The highest BCUT2D eigenvalue weighted by Crippen LogP contribution is 2.22. The van der Waals surface area contributed by atoms with E-state index in [1.54, 1.807) is 6.92 Å². The summed E-state index contributed by atoms with van der Waals surface area (Å²) in [6.07, 6.45) is 0.